The Bertz CT molecular complexity index is 2070. The van der Waals surface area contributed by atoms with Crippen molar-refractivity contribution in [2.45, 2.75) is 12.8 Å². The summed E-state index contributed by atoms with van der Waals surface area (Å²) in [6, 6.07) is 24.5. The van der Waals surface area contributed by atoms with E-state index in [1.54, 1.807) is 0 Å². The van der Waals surface area contributed by atoms with E-state index >= 15 is 0 Å². The molecule has 0 spiro atoms. The van der Waals surface area contributed by atoms with Gasteiger partial charge in [0, 0.05) is 23.2 Å². The molecule has 0 atom stereocenters. The molecule has 0 fully saturated rings. The molecule has 162 valence electrons. The summed E-state index contributed by atoms with van der Waals surface area (Å²) in [6.07, 6.45) is 7.59. The Hall–Kier alpha value is -4.57. The number of hydrogen-bond donors (Lipinski definition) is 0. The Morgan fingerprint density at radius 1 is 0.629 bits per heavy atom. The second kappa shape index (κ2) is 6.10. The molecule has 0 N–H and O–H groups in total. The fraction of sp³-hybridized carbons (Fsp3) is 0.0645. The molecule has 2 aliphatic rings. The van der Waals surface area contributed by atoms with Gasteiger partial charge in [0.1, 0.15) is 5.65 Å². The summed E-state index contributed by atoms with van der Waals surface area (Å²) in [7, 11) is 0. The lowest BCUT2D eigenvalue weighted by atomic mass is 9.98. The molecule has 0 radical (unpaired) electrons. The Labute approximate surface area is 200 Å². The molecule has 7 aromatic rings. The average molecular weight is 447 g/mol. The van der Waals surface area contributed by atoms with Crippen LogP contribution in [-0.4, -0.2) is 19.4 Å². The van der Waals surface area contributed by atoms with Gasteiger partial charge in [-0.25, -0.2) is 4.98 Å². The van der Waals surface area contributed by atoms with Crippen LogP contribution in [0.5, 0.6) is 0 Å². The summed E-state index contributed by atoms with van der Waals surface area (Å²) in [5, 5.41) is 2.17. The SMILES string of the molecule is c1ccc2c(c1)Cc1cc3c(cc1-2)Cc1cc2c(cc1-3)nc1c3cccnc3c3ccncc3n21. The quantitative estimate of drug-likeness (QED) is 0.243. The highest BCUT2D eigenvalue weighted by Gasteiger charge is 2.26. The lowest BCUT2D eigenvalue weighted by molar-refractivity contribution is 1.23. The smallest absolute Gasteiger partial charge is 0.148 e. The van der Waals surface area contributed by atoms with Gasteiger partial charge in [0.05, 0.1) is 28.3 Å². The van der Waals surface area contributed by atoms with Gasteiger partial charge in [-0.05, 0) is 99.8 Å². The van der Waals surface area contributed by atoms with Gasteiger partial charge >= 0.3 is 0 Å². The van der Waals surface area contributed by atoms with Crippen molar-refractivity contribution in [3.63, 3.8) is 0 Å². The Kier molecular flexibility index (Phi) is 3.11. The van der Waals surface area contributed by atoms with Crippen LogP contribution < -0.4 is 0 Å². The molecule has 0 aliphatic heterocycles. The molecule has 9 rings (SSSR count). The summed E-state index contributed by atoms with van der Waals surface area (Å²) in [5.74, 6) is 0. The third-order valence-electron chi connectivity index (χ3n) is 7.91. The van der Waals surface area contributed by atoms with Crippen LogP contribution >= 0.6 is 0 Å². The van der Waals surface area contributed by atoms with Crippen molar-refractivity contribution in [3.05, 3.63) is 108 Å². The molecule has 0 unspecified atom stereocenters. The molecular formula is C31H18N4. The summed E-state index contributed by atoms with van der Waals surface area (Å²) < 4.78 is 2.27. The summed E-state index contributed by atoms with van der Waals surface area (Å²) >= 11 is 0. The van der Waals surface area contributed by atoms with Gasteiger partial charge in [-0.1, -0.05) is 24.3 Å². The van der Waals surface area contributed by atoms with Gasteiger partial charge in [-0.3, -0.25) is 14.4 Å². The standard InChI is InChI=1S/C31H18N4/c1-2-5-21-17(4-1)10-18-13-25-19(12-24(18)21)11-20-14-28-27(15-26(20)25)34-31-23-6-3-8-33-30(23)22-7-9-32-16-29(22)35(28)31/h1-9,12-16H,10-11H2. The van der Waals surface area contributed by atoms with E-state index in [0.29, 0.717) is 0 Å². The van der Waals surface area contributed by atoms with E-state index in [1.807, 2.05) is 24.7 Å². The summed E-state index contributed by atoms with van der Waals surface area (Å²) in [6.45, 7) is 0. The van der Waals surface area contributed by atoms with Crippen molar-refractivity contribution in [1.82, 2.24) is 19.4 Å². The maximum atomic E-state index is 5.14. The van der Waals surface area contributed by atoms with Crippen molar-refractivity contribution in [2.24, 2.45) is 0 Å². The lowest BCUT2D eigenvalue weighted by Gasteiger charge is -2.08. The van der Waals surface area contributed by atoms with Crippen LogP contribution in [0.25, 0.3) is 60.7 Å². The molecule has 0 bridgehead atoms. The zero-order valence-electron chi connectivity index (χ0n) is 18.8. The molecule has 4 nitrogen and oxygen atoms in total. The van der Waals surface area contributed by atoms with Crippen LogP contribution in [0.2, 0.25) is 0 Å². The van der Waals surface area contributed by atoms with E-state index in [9.17, 15) is 0 Å². The number of rotatable bonds is 0. The molecule has 3 aromatic carbocycles. The van der Waals surface area contributed by atoms with Crippen LogP contribution in [0.1, 0.15) is 22.3 Å². The highest BCUT2D eigenvalue weighted by atomic mass is 15.0. The fourth-order valence-electron chi connectivity index (χ4n) is 6.38. The zero-order chi connectivity index (χ0) is 22.7. The number of hydrogen-bond acceptors (Lipinski definition) is 3. The normalized spacial score (nSPS) is 13.5. The maximum Gasteiger partial charge on any atom is 0.148 e. The Balaban J connectivity index is 1.33. The number of aromatic nitrogens is 4. The fourth-order valence-corrected chi connectivity index (χ4v) is 6.38. The number of benzene rings is 3. The second-order valence-electron chi connectivity index (χ2n) is 9.74. The monoisotopic (exact) mass is 446 g/mol. The van der Waals surface area contributed by atoms with Crippen molar-refractivity contribution in [1.29, 1.82) is 0 Å². The highest BCUT2D eigenvalue weighted by molar-refractivity contribution is 6.12. The Morgan fingerprint density at radius 2 is 1.43 bits per heavy atom. The van der Waals surface area contributed by atoms with E-state index in [2.05, 4.69) is 70.0 Å². The largest absolute Gasteiger partial charge is 0.290 e. The third-order valence-corrected chi connectivity index (χ3v) is 7.91. The molecule has 0 saturated heterocycles. The minimum Gasteiger partial charge on any atom is -0.290 e. The number of imidazole rings is 1. The molecule has 0 saturated carbocycles. The minimum absolute atomic E-state index is 0.942. The first-order valence-electron chi connectivity index (χ1n) is 12.0. The van der Waals surface area contributed by atoms with E-state index < -0.39 is 0 Å². The summed E-state index contributed by atoms with van der Waals surface area (Å²) in [4.78, 5) is 14.3. The molecule has 2 aliphatic carbocycles. The van der Waals surface area contributed by atoms with Crippen LogP contribution in [0.15, 0.2) is 85.3 Å². The maximum absolute atomic E-state index is 5.14. The highest BCUT2D eigenvalue weighted by Crippen LogP contribution is 2.46. The topological polar surface area (TPSA) is 43.1 Å². The van der Waals surface area contributed by atoms with E-state index in [4.69, 9.17) is 9.97 Å². The van der Waals surface area contributed by atoms with Gasteiger partial charge < -0.3 is 0 Å². The molecule has 0 amide bonds. The van der Waals surface area contributed by atoms with E-state index in [-0.39, 0.29) is 0 Å². The minimum atomic E-state index is 0.942. The molecule has 4 heterocycles. The first-order chi connectivity index (χ1) is 17.3. The van der Waals surface area contributed by atoms with Gasteiger partial charge in [-0.15, -0.1) is 0 Å². The van der Waals surface area contributed by atoms with Crippen molar-refractivity contribution in [2.75, 3.05) is 0 Å². The number of fused-ring (bicyclic) bond motifs is 14. The number of nitrogens with zero attached hydrogens (tertiary/aromatic N) is 4. The Morgan fingerprint density at radius 3 is 2.37 bits per heavy atom. The van der Waals surface area contributed by atoms with Crippen molar-refractivity contribution < 1.29 is 0 Å². The van der Waals surface area contributed by atoms with Crippen molar-refractivity contribution in [3.8, 4) is 22.3 Å². The van der Waals surface area contributed by atoms with Gasteiger partial charge in [0.2, 0.25) is 0 Å². The molecule has 4 heteroatoms. The van der Waals surface area contributed by atoms with Crippen molar-refractivity contribution >= 4 is 38.5 Å². The second-order valence-corrected chi connectivity index (χ2v) is 9.74. The van der Waals surface area contributed by atoms with Crippen LogP contribution in [0, 0.1) is 0 Å². The van der Waals surface area contributed by atoms with Gasteiger partial charge in [-0.2, -0.15) is 0 Å². The average Bonchev–Trinajstić information content (AvgIpc) is 3.57. The lowest BCUT2D eigenvalue weighted by Crippen LogP contribution is -1.93. The molecule has 4 aromatic heterocycles. The summed E-state index contributed by atoms with van der Waals surface area (Å²) in [5.41, 5.74) is 16.2. The molecule has 35 heavy (non-hydrogen) atoms. The number of pyridine rings is 3. The first-order valence-corrected chi connectivity index (χ1v) is 12.0. The zero-order valence-corrected chi connectivity index (χ0v) is 18.8. The van der Waals surface area contributed by atoms with E-state index in [0.717, 1.165) is 51.3 Å². The van der Waals surface area contributed by atoms with Crippen LogP contribution in [0.4, 0.5) is 0 Å². The van der Waals surface area contributed by atoms with Gasteiger partial charge in [0.15, 0.2) is 0 Å². The predicted molar refractivity (Wildman–Crippen MR) is 140 cm³/mol. The third kappa shape index (κ3) is 2.20. The van der Waals surface area contributed by atoms with Gasteiger partial charge in [0.25, 0.3) is 0 Å². The predicted octanol–water partition coefficient (Wildman–Crippen LogP) is 6.73. The van der Waals surface area contributed by atoms with E-state index in [1.165, 1.54) is 44.5 Å². The molecular weight excluding hydrogens is 428 g/mol. The van der Waals surface area contributed by atoms with Crippen LogP contribution in [0.3, 0.4) is 0 Å². The first kappa shape index (κ1) is 17.8. The van der Waals surface area contributed by atoms with Crippen LogP contribution in [-0.2, 0) is 12.8 Å².